The molecule has 150 valence electrons. The molecule has 0 unspecified atom stereocenters. The summed E-state index contributed by atoms with van der Waals surface area (Å²) in [6, 6.07) is 0.127. The van der Waals surface area contributed by atoms with Gasteiger partial charge in [-0.05, 0) is 59.3 Å². The molecule has 0 fully saturated rings. The zero-order valence-corrected chi connectivity index (χ0v) is 17.1. The van der Waals surface area contributed by atoms with Gasteiger partial charge >= 0.3 is 12.1 Å². The first kappa shape index (κ1) is 22.5. The first-order valence-electron chi connectivity index (χ1n) is 10.1. The molecule has 5 heteroatoms. The van der Waals surface area contributed by atoms with Gasteiger partial charge < -0.3 is 14.4 Å². The van der Waals surface area contributed by atoms with Crippen molar-refractivity contribution in [3.05, 3.63) is 12.2 Å². The molecule has 0 aromatic heterocycles. The maximum absolute atomic E-state index is 12.7. The van der Waals surface area contributed by atoms with E-state index in [2.05, 4.69) is 19.1 Å². The van der Waals surface area contributed by atoms with Gasteiger partial charge in [-0.1, -0.05) is 31.9 Å². The zero-order chi connectivity index (χ0) is 19.4. The highest BCUT2D eigenvalue weighted by Gasteiger charge is 2.27. The SMILES string of the molecule is CCC[C@H]1CCCC/C=C\CCCC(=O)OCCN1C(=O)OC(C)(C)C. The van der Waals surface area contributed by atoms with Crippen molar-refractivity contribution in [3.8, 4) is 0 Å². The number of rotatable bonds is 2. The molecule has 0 aromatic rings. The highest BCUT2D eigenvalue weighted by molar-refractivity contribution is 5.70. The maximum atomic E-state index is 12.7. The maximum Gasteiger partial charge on any atom is 0.410 e. The Kier molecular flexibility index (Phi) is 10.4. The van der Waals surface area contributed by atoms with E-state index < -0.39 is 5.60 Å². The lowest BCUT2D eigenvalue weighted by molar-refractivity contribution is -0.144. The number of ether oxygens (including phenoxy) is 2. The fourth-order valence-corrected chi connectivity index (χ4v) is 3.10. The summed E-state index contributed by atoms with van der Waals surface area (Å²) in [6.45, 7) is 8.38. The molecule has 5 nitrogen and oxygen atoms in total. The van der Waals surface area contributed by atoms with Crippen molar-refractivity contribution in [2.45, 2.75) is 97.1 Å². The second-order valence-electron chi connectivity index (χ2n) is 7.98. The first-order chi connectivity index (χ1) is 12.3. The minimum atomic E-state index is -0.535. The molecule has 0 saturated carbocycles. The molecule has 1 rings (SSSR count). The molecule has 1 amide bonds. The predicted molar refractivity (Wildman–Crippen MR) is 104 cm³/mol. The molecule has 0 aliphatic carbocycles. The summed E-state index contributed by atoms with van der Waals surface area (Å²) in [7, 11) is 0. The summed E-state index contributed by atoms with van der Waals surface area (Å²) in [5.74, 6) is -0.190. The summed E-state index contributed by atoms with van der Waals surface area (Å²) in [5.41, 5.74) is -0.535. The monoisotopic (exact) mass is 367 g/mol. The van der Waals surface area contributed by atoms with E-state index in [1.165, 1.54) is 0 Å². The van der Waals surface area contributed by atoms with Crippen LogP contribution in [0.4, 0.5) is 4.79 Å². The molecule has 1 aliphatic rings. The lowest BCUT2D eigenvalue weighted by Crippen LogP contribution is -2.45. The average molecular weight is 368 g/mol. The minimum Gasteiger partial charge on any atom is -0.464 e. The molecule has 1 atom stereocenters. The van der Waals surface area contributed by atoms with Crippen molar-refractivity contribution < 1.29 is 19.1 Å². The van der Waals surface area contributed by atoms with E-state index in [-0.39, 0.29) is 24.7 Å². The Hall–Kier alpha value is -1.52. The number of hydrogen-bond acceptors (Lipinski definition) is 4. The minimum absolute atomic E-state index is 0.127. The second kappa shape index (κ2) is 12.0. The molecule has 0 spiro atoms. The number of allylic oxidation sites excluding steroid dienone is 2. The number of hydrogen-bond donors (Lipinski definition) is 0. The Morgan fingerprint density at radius 2 is 1.92 bits per heavy atom. The molecule has 0 aromatic carbocycles. The van der Waals surface area contributed by atoms with Gasteiger partial charge in [-0.15, -0.1) is 0 Å². The van der Waals surface area contributed by atoms with Crippen LogP contribution < -0.4 is 0 Å². The van der Waals surface area contributed by atoms with Gasteiger partial charge in [-0.25, -0.2) is 4.79 Å². The van der Waals surface area contributed by atoms with Gasteiger partial charge in [0.05, 0.1) is 6.54 Å². The van der Waals surface area contributed by atoms with Crippen LogP contribution in [0.5, 0.6) is 0 Å². The Morgan fingerprint density at radius 3 is 2.58 bits per heavy atom. The zero-order valence-electron chi connectivity index (χ0n) is 17.1. The van der Waals surface area contributed by atoms with Crippen molar-refractivity contribution in [1.29, 1.82) is 0 Å². The molecular formula is C21H37NO4. The van der Waals surface area contributed by atoms with Gasteiger partial charge in [-0.3, -0.25) is 4.79 Å². The molecular weight excluding hydrogens is 330 g/mol. The van der Waals surface area contributed by atoms with E-state index >= 15 is 0 Å². The van der Waals surface area contributed by atoms with Crippen molar-refractivity contribution in [2.24, 2.45) is 0 Å². The quantitative estimate of drug-likeness (QED) is 0.495. The van der Waals surface area contributed by atoms with Gasteiger partial charge in [0, 0.05) is 12.5 Å². The summed E-state index contributed by atoms with van der Waals surface area (Å²) in [5, 5.41) is 0. The third-order valence-electron chi connectivity index (χ3n) is 4.36. The molecule has 0 bridgehead atoms. The average Bonchev–Trinajstić information content (AvgIpc) is 2.54. The highest BCUT2D eigenvalue weighted by atomic mass is 16.6. The molecule has 0 N–H and O–H groups in total. The number of esters is 1. The third-order valence-corrected chi connectivity index (χ3v) is 4.36. The first-order valence-corrected chi connectivity index (χ1v) is 10.1. The normalized spacial score (nSPS) is 22.7. The number of nitrogens with zero attached hydrogens (tertiary/aromatic N) is 1. The van der Waals surface area contributed by atoms with Gasteiger partial charge in [0.25, 0.3) is 0 Å². The predicted octanol–water partition coefficient (Wildman–Crippen LogP) is 5.24. The molecule has 0 saturated heterocycles. The largest absolute Gasteiger partial charge is 0.464 e. The van der Waals surface area contributed by atoms with Crippen molar-refractivity contribution >= 4 is 12.1 Å². The molecule has 1 aliphatic heterocycles. The summed E-state index contributed by atoms with van der Waals surface area (Å²) in [6.07, 6.45) is 12.3. The molecule has 1 heterocycles. The van der Waals surface area contributed by atoms with E-state index in [1.54, 1.807) is 4.90 Å². The summed E-state index contributed by atoms with van der Waals surface area (Å²) >= 11 is 0. The standard InChI is InChI=1S/C21H37NO4/c1-5-13-18-14-11-9-7-6-8-10-12-15-19(23)25-17-16-22(18)20(24)26-21(2,3)4/h6,8,18H,5,7,9-17H2,1-4H3/b8-6-/t18-/m0/s1. The fourth-order valence-electron chi connectivity index (χ4n) is 3.10. The Labute approximate surface area is 159 Å². The Balaban J connectivity index is 2.83. The number of carbonyl (C=O) groups is 2. The van der Waals surface area contributed by atoms with Crippen LogP contribution in [0.2, 0.25) is 0 Å². The van der Waals surface area contributed by atoms with Gasteiger partial charge in [0.2, 0.25) is 0 Å². The van der Waals surface area contributed by atoms with Crippen molar-refractivity contribution in [1.82, 2.24) is 4.90 Å². The van der Waals surface area contributed by atoms with Crippen LogP contribution in [0, 0.1) is 0 Å². The van der Waals surface area contributed by atoms with Crippen molar-refractivity contribution in [3.63, 3.8) is 0 Å². The van der Waals surface area contributed by atoms with Crippen LogP contribution >= 0.6 is 0 Å². The van der Waals surface area contributed by atoms with E-state index in [4.69, 9.17) is 9.47 Å². The lowest BCUT2D eigenvalue weighted by Gasteiger charge is -2.33. The van der Waals surface area contributed by atoms with Crippen LogP contribution in [0.1, 0.15) is 85.5 Å². The number of carbonyl (C=O) groups excluding carboxylic acids is 2. The topological polar surface area (TPSA) is 55.8 Å². The fraction of sp³-hybridized carbons (Fsp3) is 0.810. The van der Waals surface area contributed by atoms with E-state index in [1.807, 2.05) is 20.8 Å². The van der Waals surface area contributed by atoms with E-state index in [0.29, 0.717) is 13.0 Å². The Bertz CT molecular complexity index is 453. The van der Waals surface area contributed by atoms with Gasteiger partial charge in [0.15, 0.2) is 0 Å². The second-order valence-corrected chi connectivity index (χ2v) is 7.98. The van der Waals surface area contributed by atoms with Crippen LogP contribution in [0.25, 0.3) is 0 Å². The summed E-state index contributed by atoms with van der Waals surface area (Å²) < 4.78 is 10.9. The molecule has 26 heavy (non-hydrogen) atoms. The van der Waals surface area contributed by atoms with Crippen molar-refractivity contribution in [2.75, 3.05) is 13.2 Å². The van der Waals surface area contributed by atoms with Crippen LogP contribution in [-0.2, 0) is 14.3 Å². The van der Waals surface area contributed by atoms with Gasteiger partial charge in [0.1, 0.15) is 12.2 Å². The highest BCUT2D eigenvalue weighted by Crippen LogP contribution is 2.19. The smallest absolute Gasteiger partial charge is 0.410 e. The number of amides is 1. The van der Waals surface area contributed by atoms with Crippen LogP contribution in [-0.4, -0.2) is 41.8 Å². The van der Waals surface area contributed by atoms with Gasteiger partial charge in [-0.2, -0.15) is 0 Å². The molecule has 0 radical (unpaired) electrons. The third kappa shape index (κ3) is 9.83. The summed E-state index contributed by atoms with van der Waals surface area (Å²) in [4.78, 5) is 26.4. The van der Waals surface area contributed by atoms with Crippen LogP contribution in [0.3, 0.4) is 0 Å². The van der Waals surface area contributed by atoms with E-state index in [9.17, 15) is 9.59 Å². The van der Waals surface area contributed by atoms with E-state index in [0.717, 1.165) is 51.4 Å². The van der Waals surface area contributed by atoms with Crippen LogP contribution in [0.15, 0.2) is 12.2 Å². The Morgan fingerprint density at radius 1 is 1.23 bits per heavy atom. The lowest BCUT2D eigenvalue weighted by atomic mass is 10.0. The number of cyclic esters (lactones) is 1.